The molecule has 4 rings (SSSR count). The van der Waals surface area contributed by atoms with Gasteiger partial charge in [-0.1, -0.05) is 18.2 Å². The molecule has 2 aromatic carbocycles. The van der Waals surface area contributed by atoms with Crippen molar-refractivity contribution in [3.8, 4) is 5.75 Å². The summed E-state index contributed by atoms with van der Waals surface area (Å²) in [4.78, 5) is 52.5. The highest BCUT2D eigenvalue weighted by Gasteiger charge is 2.38. The second kappa shape index (κ2) is 6.35. The summed E-state index contributed by atoms with van der Waals surface area (Å²) in [7, 11) is 1.46. The number of carbonyl (C=O) groups excluding carboxylic acids is 4. The van der Waals surface area contributed by atoms with Crippen molar-refractivity contribution < 1.29 is 23.9 Å². The van der Waals surface area contributed by atoms with E-state index in [0.717, 1.165) is 4.90 Å². The lowest BCUT2D eigenvalue weighted by Crippen LogP contribution is -2.45. The predicted molar refractivity (Wildman–Crippen MR) is 96.1 cm³/mol. The number of amides is 3. The van der Waals surface area contributed by atoms with Crippen LogP contribution in [0.25, 0.3) is 0 Å². The van der Waals surface area contributed by atoms with Gasteiger partial charge in [-0.25, -0.2) is 0 Å². The van der Waals surface area contributed by atoms with Crippen LogP contribution in [0.15, 0.2) is 42.5 Å². The van der Waals surface area contributed by atoms with Crippen LogP contribution >= 0.6 is 0 Å². The normalized spacial score (nSPS) is 15.7. The maximum absolute atomic E-state index is 12.9. The molecule has 0 radical (unpaired) electrons. The third-order valence-electron chi connectivity index (χ3n) is 4.82. The number of benzene rings is 2. The van der Waals surface area contributed by atoms with E-state index in [2.05, 4.69) is 0 Å². The van der Waals surface area contributed by atoms with E-state index < -0.39 is 24.3 Å². The van der Waals surface area contributed by atoms with Crippen molar-refractivity contribution in [1.29, 1.82) is 0 Å². The molecule has 2 heterocycles. The Labute approximate surface area is 155 Å². The van der Waals surface area contributed by atoms with Gasteiger partial charge in [0.25, 0.3) is 11.8 Å². The molecule has 7 nitrogen and oxygen atoms in total. The average Bonchev–Trinajstić information content (AvgIpc) is 2.93. The Morgan fingerprint density at radius 2 is 1.59 bits per heavy atom. The molecule has 7 heteroatoms. The number of hydrogen-bond donors (Lipinski definition) is 0. The summed E-state index contributed by atoms with van der Waals surface area (Å²) < 4.78 is 5.31. The van der Waals surface area contributed by atoms with Crippen molar-refractivity contribution in [3.05, 3.63) is 59.2 Å². The van der Waals surface area contributed by atoms with E-state index in [1.54, 1.807) is 42.5 Å². The number of nitrogens with zero attached hydrogens (tertiary/aromatic N) is 2. The van der Waals surface area contributed by atoms with Gasteiger partial charge >= 0.3 is 0 Å². The first-order valence-corrected chi connectivity index (χ1v) is 8.48. The van der Waals surface area contributed by atoms with Gasteiger partial charge in [0.15, 0.2) is 5.78 Å². The molecule has 3 amide bonds. The SMILES string of the molecule is COc1cccc2c1N(C(=O)CN1C(=O)c3ccccc3C1=O)CCC2=O. The van der Waals surface area contributed by atoms with E-state index in [4.69, 9.17) is 4.74 Å². The van der Waals surface area contributed by atoms with E-state index in [0.29, 0.717) is 28.1 Å². The molecule has 0 unspecified atom stereocenters. The van der Waals surface area contributed by atoms with E-state index in [1.807, 2.05) is 0 Å². The third kappa shape index (κ3) is 2.59. The van der Waals surface area contributed by atoms with Gasteiger partial charge in [-0.15, -0.1) is 0 Å². The van der Waals surface area contributed by atoms with Crippen LogP contribution in [0.1, 0.15) is 37.5 Å². The highest BCUT2D eigenvalue weighted by molar-refractivity contribution is 6.23. The molecule has 0 aliphatic carbocycles. The first kappa shape index (κ1) is 17.0. The Hall–Kier alpha value is -3.48. The molecule has 0 fully saturated rings. The van der Waals surface area contributed by atoms with Crippen LogP contribution in [0.2, 0.25) is 0 Å². The summed E-state index contributed by atoms with van der Waals surface area (Å²) in [5, 5.41) is 0. The zero-order valence-electron chi connectivity index (χ0n) is 14.6. The molecule has 2 aromatic rings. The zero-order chi connectivity index (χ0) is 19.1. The fourth-order valence-electron chi connectivity index (χ4n) is 3.50. The number of ketones is 1. The predicted octanol–water partition coefficient (Wildman–Crippen LogP) is 1.91. The van der Waals surface area contributed by atoms with Gasteiger partial charge in [0.1, 0.15) is 12.3 Å². The number of anilines is 1. The molecular formula is C20H16N2O5. The molecule has 2 aliphatic rings. The van der Waals surface area contributed by atoms with Crippen molar-refractivity contribution in [3.63, 3.8) is 0 Å². The maximum Gasteiger partial charge on any atom is 0.262 e. The van der Waals surface area contributed by atoms with Crippen molar-refractivity contribution in [1.82, 2.24) is 4.90 Å². The molecular weight excluding hydrogens is 348 g/mol. The molecule has 0 saturated carbocycles. The number of methoxy groups -OCH3 is 1. The molecule has 0 saturated heterocycles. The average molecular weight is 364 g/mol. The second-order valence-electron chi connectivity index (χ2n) is 6.32. The van der Waals surface area contributed by atoms with Gasteiger partial charge in [0.05, 0.1) is 23.9 Å². The Morgan fingerprint density at radius 1 is 0.963 bits per heavy atom. The quantitative estimate of drug-likeness (QED) is 0.777. The van der Waals surface area contributed by atoms with Gasteiger partial charge in [-0.3, -0.25) is 24.1 Å². The molecule has 0 atom stereocenters. The third-order valence-corrected chi connectivity index (χ3v) is 4.82. The maximum atomic E-state index is 12.9. The van der Waals surface area contributed by atoms with Crippen LogP contribution in [-0.4, -0.2) is 48.6 Å². The second-order valence-corrected chi connectivity index (χ2v) is 6.32. The zero-order valence-corrected chi connectivity index (χ0v) is 14.6. The molecule has 2 aliphatic heterocycles. The Kier molecular flexibility index (Phi) is 3.99. The Balaban J connectivity index is 1.64. The minimum atomic E-state index is -0.489. The minimum absolute atomic E-state index is 0.0753. The van der Waals surface area contributed by atoms with Crippen LogP contribution in [0.4, 0.5) is 5.69 Å². The Bertz CT molecular complexity index is 963. The monoisotopic (exact) mass is 364 g/mol. The standard InChI is InChI=1S/C20H16N2O5/c1-27-16-8-4-7-14-15(23)9-10-21(18(14)16)17(24)11-22-19(25)12-5-2-3-6-13(12)20(22)26/h2-8H,9-11H2,1H3. The highest BCUT2D eigenvalue weighted by Crippen LogP contribution is 2.36. The molecule has 136 valence electrons. The lowest BCUT2D eigenvalue weighted by Gasteiger charge is -2.31. The van der Waals surface area contributed by atoms with Crippen LogP contribution in [0.3, 0.4) is 0 Å². The molecule has 0 bridgehead atoms. The minimum Gasteiger partial charge on any atom is -0.495 e. The summed E-state index contributed by atoms with van der Waals surface area (Å²) in [5.41, 5.74) is 1.37. The molecule has 0 aromatic heterocycles. The summed E-state index contributed by atoms with van der Waals surface area (Å²) in [6, 6.07) is 11.5. The van der Waals surface area contributed by atoms with E-state index in [1.165, 1.54) is 12.0 Å². The van der Waals surface area contributed by atoms with Crippen LogP contribution in [0, 0.1) is 0 Å². The topological polar surface area (TPSA) is 84.0 Å². The number of rotatable bonds is 3. The van der Waals surface area contributed by atoms with E-state index in [9.17, 15) is 19.2 Å². The van der Waals surface area contributed by atoms with E-state index in [-0.39, 0.29) is 18.7 Å². The highest BCUT2D eigenvalue weighted by atomic mass is 16.5. The number of carbonyl (C=O) groups is 4. The summed E-state index contributed by atoms with van der Waals surface area (Å²) in [6.45, 7) is -0.216. The lowest BCUT2D eigenvalue weighted by atomic mass is 9.99. The van der Waals surface area contributed by atoms with Gasteiger partial charge in [0, 0.05) is 18.5 Å². The first-order valence-electron chi connectivity index (χ1n) is 8.48. The fraction of sp³-hybridized carbons (Fsp3) is 0.200. The number of para-hydroxylation sites is 1. The largest absolute Gasteiger partial charge is 0.495 e. The number of ether oxygens (including phenoxy) is 1. The molecule has 0 N–H and O–H groups in total. The first-order chi connectivity index (χ1) is 13.0. The van der Waals surface area contributed by atoms with Crippen LogP contribution in [-0.2, 0) is 4.79 Å². The van der Waals surface area contributed by atoms with Gasteiger partial charge in [-0.2, -0.15) is 0 Å². The number of Topliss-reactive ketones (excluding diaryl/α,β-unsaturated/α-hetero) is 1. The summed E-state index contributed by atoms with van der Waals surface area (Å²) >= 11 is 0. The van der Waals surface area contributed by atoms with Crippen molar-refractivity contribution >= 4 is 29.2 Å². The van der Waals surface area contributed by atoms with Crippen LogP contribution < -0.4 is 9.64 Å². The van der Waals surface area contributed by atoms with Crippen molar-refractivity contribution in [2.75, 3.05) is 25.1 Å². The number of hydrogen-bond acceptors (Lipinski definition) is 5. The molecule has 0 spiro atoms. The number of imide groups is 1. The van der Waals surface area contributed by atoms with Gasteiger partial charge in [-0.05, 0) is 24.3 Å². The molecule has 27 heavy (non-hydrogen) atoms. The van der Waals surface area contributed by atoms with Gasteiger partial charge < -0.3 is 9.64 Å². The fourth-order valence-corrected chi connectivity index (χ4v) is 3.50. The van der Waals surface area contributed by atoms with Gasteiger partial charge in [0.2, 0.25) is 5.91 Å². The number of fused-ring (bicyclic) bond motifs is 2. The lowest BCUT2D eigenvalue weighted by molar-refractivity contribution is -0.119. The summed E-state index contributed by atoms with van der Waals surface area (Å²) in [5.74, 6) is -1.10. The Morgan fingerprint density at radius 3 is 2.22 bits per heavy atom. The van der Waals surface area contributed by atoms with Crippen molar-refractivity contribution in [2.24, 2.45) is 0 Å². The van der Waals surface area contributed by atoms with E-state index >= 15 is 0 Å². The van der Waals surface area contributed by atoms with Crippen LogP contribution in [0.5, 0.6) is 5.75 Å². The summed E-state index contributed by atoms with van der Waals surface area (Å²) in [6.07, 6.45) is 0.175. The smallest absolute Gasteiger partial charge is 0.262 e. The van der Waals surface area contributed by atoms with Crippen molar-refractivity contribution in [2.45, 2.75) is 6.42 Å².